The van der Waals surface area contributed by atoms with E-state index in [1.807, 2.05) is 56.1 Å². The zero-order valence-corrected chi connectivity index (χ0v) is 15.6. The van der Waals surface area contributed by atoms with E-state index in [-0.39, 0.29) is 24.8 Å². The third-order valence-electron chi connectivity index (χ3n) is 4.57. The number of hydrogen-bond donors (Lipinski definition) is 1. The first-order chi connectivity index (χ1) is 12.3. The molecule has 0 radical (unpaired) electrons. The summed E-state index contributed by atoms with van der Waals surface area (Å²) < 4.78 is 10.8. The van der Waals surface area contributed by atoms with Crippen molar-refractivity contribution < 1.29 is 19.1 Å². The molecule has 2 aliphatic rings. The Bertz CT molecular complexity index is 630. The molecule has 2 unspecified atom stereocenters. The number of piperazine rings is 1. The lowest BCUT2D eigenvalue weighted by Gasteiger charge is -2.40. The summed E-state index contributed by atoms with van der Waals surface area (Å²) in [5, 5.41) is 1.94. The lowest BCUT2D eigenvalue weighted by atomic mass is 10.2. The van der Waals surface area contributed by atoms with E-state index in [4.69, 9.17) is 9.47 Å². The Hall–Kier alpha value is -2.28. The van der Waals surface area contributed by atoms with Crippen LogP contribution in [0.2, 0.25) is 0 Å². The average Bonchev–Trinajstić information content (AvgIpc) is 2.81. The van der Waals surface area contributed by atoms with E-state index in [1.54, 1.807) is 4.90 Å². The van der Waals surface area contributed by atoms with Gasteiger partial charge in [0.15, 0.2) is 0 Å². The molecule has 2 atom stereocenters. The third-order valence-corrected chi connectivity index (χ3v) is 4.57. The number of carbonyl (C=O) groups excluding carboxylic acids is 2. The summed E-state index contributed by atoms with van der Waals surface area (Å²) in [5.41, 5.74) is 3.29. The van der Waals surface area contributed by atoms with E-state index in [0.29, 0.717) is 13.1 Å². The van der Waals surface area contributed by atoms with Crippen molar-refractivity contribution in [2.45, 2.75) is 57.9 Å². The molecule has 7 nitrogen and oxygen atoms in total. The number of benzene rings is 1. The highest BCUT2D eigenvalue weighted by atomic mass is 16.6. The van der Waals surface area contributed by atoms with Crippen LogP contribution in [-0.2, 0) is 16.1 Å². The topological polar surface area (TPSA) is 71.1 Å². The lowest BCUT2D eigenvalue weighted by Crippen LogP contribution is -2.61. The van der Waals surface area contributed by atoms with Gasteiger partial charge in [0.2, 0.25) is 0 Å². The van der Waals surface area contributed by atoms with Crippen molar-refractivity contribution >= 4 is 12.2 Å². The fraction of sp³-hybridized carbons (Fsp3) is 0.579. The molecule has 3 rings (SSSR count). The number of likely N-dealkylation sites (tertiary alicyclic amines) is 1. The highest BCUT2D eigenvalue weighted by Gasteiger charge is 2.43. The Labute approximate surface area is 154 Å². The second-order valence-corrected chi connectivity index (χ2v) is 7.85. The second-order valence-electron chi connectivity index (χ2n) is 7.85. The summed E-state index contributed by atoms with van der Waals surface area (Å²) in [7, 11) is 0. The van der Waals surface area contributed by atoms with E-state index in [1.165, 1.54) is 0 Å². The van der Waals surface area contributed by atoms with Crippen molar-refractivity contribution in [2.75, 3.05) is 13.1 Å². The highest BCUT2D eigenvalue weighted by Crippen LogP contribution is 2.29. The number of nitrogens with zero attached hydrogens (tertiary/aromatic N) is 2. The number of hydrazine groups is 1. The number of carbonyl (C=O) groups is 2. The summed E-state index contributed by atoms with van der Waals surface area (Å²) in [6.45, 7) is 6.91. The maximum atomic E-state index is 12.3. The van der Waals surface area contributed by atoms with E-state index >= 15 is 0 Å². The van der Waals surface area contributed by atoms with Crippen molar-refractivity contribution in [3.05, 3.63) is 35.9 Å². The number of hydrogen-bond acceptors (Lipinski definition) is 5. The van der Waals surface area contributed by atoms with Crippen molar-refractivity contribution in [1.29, 1.82) is 0 Å². The van der Waals surface area contributed by atoms with Crippen molar-refractivity contribution in [1.82, 2.24) is 15.3 Å². The monoisotopic (exact) mass is 361 g/mol. The number of ether oxygens (including phenoxy) is 2. The molecule has 26 heavy (non-hydrogen) atoms. The maximum Gasteiger partial charge on any atom is 0.422 e. The minimum Gasteiger partial charge on any atom is -0.444 e. The molecular weight excluding hydrogens is 334 g/mol. The smallest absolute Gasteiger partial charge is 0.422 e. The van der Waals surface area contributed by atoms with Gasteiger partial charge in [-0.2, -0.15) is 0 Å². The van der Waals surface area contributed by atoms with Crippen LogP contribution in [-0.4, -0.2) is 52.9 Å². The van der Waals surface area contributed by atoms with Gasteiger partial charge in [-0.1, -0.05) is 30.3 Å². The second kappa shape index (κ2) is 7.53. The van der Waals surface area contributed by atoms with Crippen molar-refractivity contribution in [3.8, 4) is 0 Å². The first-order valence-electron chi connectivity index (χ1n) is 9.05. The molecule has 2 saturated heterocycles. The van der Waals surface area contributed by atoms with Gasteiger partial charge in [-0.25, -0.2) is 14.6 Å². The standard InChI is InChI=1S/C19H27N3O4/c1-19(2,3)26-18(24)21-11-15-9-10-16(12-21)22(15)20-17(23)25-13-14-7-5-4-6-8-14/h4-8,15-16H,9-13H2,1-3H3,(H,20,23). The summed E-state index contributed by atoms with van der Waals surface area (Å²) in [4.78, 5) is 26.2. The zero-order chi connectivity index (χ0) is 18.7. The van der Waals surface area contributed by atoms with Crippen LogP contribution in [0.1, 0.15) is 39.2 Å². The molecule has 1 aromatic rings. The van der Waals surface area contributed by atoms with Gasteiger partial charge in [-0.05, 0) is 39.2 Å². The summed E-state index contributed by atoms with van der Waals surface area (Å²) in [6, 6.07) is 9.74. The molecule has 2 fully saturated rings. The van der Waals surface area contributed by atoms with E-state index < -0.39 is 11.7 Å². The minimum atomic E-state index is -0.507. The van der Waals surface area contributed by atoms with Crippen LogP contribution in [0.3, 0.4) is 0 Å². The molecule has 1 aromatic carbocycles. The van der Waals surface area contributed by atoms with Crippen LogP contribution < -0.4 is 5.43 Å². The van der Waals surface area contributed by atoms with Gasteiger partial charge >= 0.3 is 12.2 Å². The largest absolute Gasteiger partial charge is 0.444 e. The van der Waals surface area contributed by atoms with Crippen LogP contribution in [0.4, 0.5) is 9.59 Å². The summed E-state index contributed by atoms with van der Waals surface area (Å²) >= 11 is 0. The number of rotatable bonds is 3. The fourth-order valence-electron chi connectivity index (χ4n) is 3.42. The molecule has 1 N–H and O–H groups in total. The normalized spacial score (nSPS) is 22.8. The Balaban J connectivity index is 1.50. The molecular formula is C19H27N3O4. The van der Waals surface area contributed by atoms with Crippen LogP contribution in [0, 0.1) is 0 Å². The SMILES string of the molecule is CC(C)(C)OC(=O)N1CC2CCC(C1)N2NC(=O)OCc1ccccc1. The van der Waals surface area contributed by atoms with Crippen LogP contribution in [0.15, 0.2) is 30.3 Å². The van der Waals surface area contributed by atoms with Gasteiger partial charge in [-0.15, -0.1) is 0 Å². The molecule has 2 heterocycles. The third kappa shape index (κ3) is 4.66. The average molecular weight is 361 g/mol. The van der Waals surface area contributed by atoms with Crippen LogP contribution in [0.25, 0.3) is 0 Å². The first-order valence-corrected chi connectivity index (χ1v) is 9.05. The van der Waals surface area contributed by atoms with Crippen molar-refractivity contribution in [2.24, 2.45) is 0 Å². The van der Waals surface area contributed by atoms with Gasteiger partial charge in [0.05, 0.1) is 0 Å². The maximum absolute atomic E-state index is 12.3. The molecule has 2 amide bonds. The van der Waals surface area contributed by atoms with Gasteiger partial charge in [0, 0.05) is 25.2 Å². The number of nitrogens with one attached hydrogen (secondary N) is 1. The number of fused-ring (bicyclic) bond motifs is 2. The molecule has 0 aliphatic carbocycles. The Kier molecular flexibility index (Phi) is 5.36. The fourth-order valence-corrected chi connectivity index (χ4v) is 3.42. The van der Waals surface area contributed by atoms with Gasteiger partial charge < -0.3 is 14.4 Å². The Morgan fingerprint density at radius 2 is 1.73 bits per heavy atom. The Morgan fingerprint density at radius 3 is 2.31 bits per heavy atom. The quantitative estimate of drug-likeness (QED) is 0.896. The van der Waals surface area contributed by atoms with E-state index in [2.05, 4.69) is 5.43 Å². The van der Waals surface area contributed by atoms with Gasteiger partial charge in [0.25, 0.3) is 0 Å². The van der Waals surface area contributed by atoms with Crippen LogP contribution in [0.5, 0.6) is 0 Å². The highest BCUT2D eigenvalue weighted by molar-refractivity contribution is 5.69. The molecule has 2 bridgehead atoms. The molecule has 2 aliphatic heterocycles. The predicted molar refractivity (Wildman–Crippen MR) is 96.2 cm³/mol. The lowest BCUT2D eigenvalue weighted by molar-refractivity contribution is -0.0113. The summed E-state index contributed by atoms with van der Waals surface area (Å²) in [5.74, 6) is 0. The molecule has 7 heteroatoms. The van der Waals surface area contributed by atoms with Crippen molar-refractivity contribution in [3.63, 3.8) is 0 Å². The molecule has 0 saturated carbocycles. The number of amides is 2. The predicted octanol–water partition coefficient (Wildman–Crippen LogP) is 2.91. The molecule has 0 aromatic heterocycles. The zero-order valence-electron chi connectivity index (χ0n) is 15.6. The van der Waals surface area contributed by atoms with E-state index in [0.717, 1.165) is 18.4 Å². The minimum absolute atomic E-state index is 0.0885. The van der Waals surface area contributed by atoms with Gasteiger partial charge in [-0.3, -0.25) is 5.43 Å². The first kappa shape index (κ1) is 18.5. The molecule has 0 spiro atoms. The molecule has 142 valence electrons. The van der Waals surface area contributed by atoms with E-state index in [9.17, 15) is 9.59 Å². The van der Waals surface area contributed by atoms with Gasteiger partial charge in [0.1, 0.15) is 12.2 Å². The summed E-state index contributed by atoms with van der Waals surface area (Å²) in [6.07, 6.45) is 1.11. The van der Waals surface area contributed by atoms with Crippen LogP contribution >= 0.6 is 0 Å². The Morgan fingerprint density at radius 1 is 1.12 bits per heavy atom.